The highest BCUT2D eigenvalue weighted by Crippen LogP contribution is 2.42. The normalized spacial score (nSPS) is 21.5. The molecule has 2 N–H and O–H groups in total. The van der Waals surface area contributed by atoms with Gasteiger partial charge in [-0.1, -0.05) is 0 Å². The molecule has 2 rings (SSSR count). The number of methoxy groups -OCH3 is 2. The van der Waals surface area contributed by atoms with Crippen molar-refractivity contribution < 1.29 is 9.47 Å². The Hall–Kier alpha value is -1.42. The van der Waals surface area contributed by atoms with E-state index in [1.54, 1.807) is 14.2 Å². The summed E-state index contributed by atoms with van der Waals surface area (Å²) in [6, 6.07) is 5.92. The SMILES string of the molecule is COc1ccc(OC)c(N2CCC(CN)C2(C)C)c1. The highest BCUT2D eigenvalue weighted by atomic mass is 16.5. The molecule has 0 amide bonds. The first-order chi connectivity index (χ1) is 9.04. The smallest absolute Gasteiger partial charge is 0.142 e. The van der Waals surface area contributed by atoms with E-state index in [1.165, 1.54) is 0 Å². The Bertz CT molecular complexity index is 446. The molecule has 1 atom stereocenters. The van der Waals surface area contributed by atoms with E-state index in [0.29, 0.717) is 5.92 Å². The Balaban J connectivity index is 2.41. The first-order valence-electron chi connectivity index (χ1n) is 6.74. The van der Waals surface area contributed by atoms with Crippen LogP contribution in [0.1, 0.15) is 20.3 Å². The molecular formula is C15H24N2O2. The maximum absolute atomic E-state index is 5.89. The molecule has 1 aliphatic heterocycles. The highest BCUT2D eigenvalue weighted by Gasteiger charge is 2.41. The van der Waals surface area contributed by atoms with Crippen molar-refractivity contribution in [1.82, 2.24) is 0 Å². The van der Waals surface area contributed by atoms with Gasteiger partial charge in [0.25, 0.3) is 0 Å². The fourth-order valence-corrected chi connectivity index (χ4v) is 2.99. The van der Waals surface area contributed by atoms with E-state index in [1.807, 2.05) is 18.2 Å². The average Bonchev–Trinajstić information content (AvgIpc) is 2.72. The molecule has 0 aliphatic carbocycles. The molecule has 106 valence electrons. The van der Waals surface area contributed by atoms with Crippen LogP contribution >= 0.6 is 0 Å². The first kappa shape index (κ1) is 14.0. The van der Waals surface area contributed by atoms with Crippen molar-refractivity contribution in [1.29, 1.82) is 0 Å². The van der Waals surface area contributed by atoms with E-state index < -0.39 is 0 Å². The molecule has 1 heterocycles. The van der Waals surface area contributed by atoms with E-state index in [0.717, 1.165) is 36.7 Å². The third-order valence-corrected chi connectivity index (χ3v) is 4.36. The van der Waals surface area contributed by atoms with Crippen molar-refractivity contribution in [2.24, 2.45) is 11.7 Å². The summed E-state index contributed by atoms with van der Waals surface area (Å²) < 4.78 is 10.8. The molecule has 1 fully saturated rings. The van der Waals surface area contributed by atoms with Crippen LogP contribution in [0.3, 0.4) is 0 Å². The second-order valence-corrected chi connectivity index (χ2v) is 5.56. The van der Waals surface area contributed by atoms with E-state index in [4.69, 9.17) is 15.2 Å². The fraction of sp³-hybridized carbons (Fsp3) is 0.600. The lowest BCUT2D eigenvalue weighted by Crippen LogP contribution is -2.44. The number of hydrogen-bond acceptors (Lipinski definition) is 4. The number of rotatable bonds is 4. The van der Waals surface area contributed by atoms with Gasteiger partial charge in [0.1, 0.15) is 11.5 Å². The van der Waals surface area contributed by atoms with Gasteiger partial charge in [0.15, 0.2) is 0 Å². The molecular weight excluding hydrogens is 240 g/mol. The van der Waals surface area contributed by atoms with Crippen LogP contribution in [0.15, 0.2) is 18.2 Å². The predicted octanol–water partition coefficient (Wildman–Crippen LogP) is 2.27. The molecule has 1 saturated heterocycles. The van der Waals surface area contributed by atoms with Crippen LogP contribution in [0.2, 0.25) is 0 Å². The first-order valence-corrected chi connectivity index (χ1v) is 6.74. The Labute approximate surface area is 115 Å². The van der Waals surface area contributed by atoms with E-state index in [9.17, 15) is 0 Å². The van der Waals surface area contributed by atoms with Crippen LogP contribution in [-0.4, -0.2) is 32.8 Å². The van der Waals surface area contributed by atoms with Crippen LogP contribution in [0.25, 0.3) is 0 Å². The lowest BCUT2D eigenvalue weighted by Gasteiger charge is -2.38. The lowest BCUT2D eigenvalue weighted by atomic mass is 9.88. The largest absolute Gasteiger partial charge is 0.497 e. The van der Waals surface area contributed by atoms with Crippen LogP contribution in [-0.2, 0) is 0 Å². The minimum atomic E-state index is 0.0361. The van der Waals surface area contributed by atoms with E-state index >= 15 is 0 Å². The van der Waals surface area contributed by atoms with Gasteiger partial charge in [-0.3, -0.25) is 0 Å². The Morgan fingerprint density at radius 2 is 2.05 bits per heavy atom. The summed E-state index contributed by atoms with van der Waals surface area (Å²) >= 11 is 0. The summed E-state index contributed by atoms with van der Waals surface area (Å²) in [7, 11) is 3.39. The molecule has 4 nitrogen and oxygen atoms in total. The van der Waals surface area contributed by atoms with Gasteiger partial charge in [-0.15, -0.1) is 0 Å². The molecule has 1 aromatic carbocycles. The molecule has 0 bridgehead atoms. The Morgan fingerprint density at radius 1 is 1.32 bits per heavy atom. The number of ether oxygens (including phenoxy) is 2. The van der Waals surface area contributed by atoms with Crippen LogP contribution in [0.4, 0.5) is 5.69 Å². The molecule has 0 radical (unpaired) electrons. The quantitative estimate of drug-likeness (QED) is 0.906. The van der Waals surface area contributed by atoms with Crippen molar-refractivity contribution in [3.05, 3.63) is 18.2 Å². The highest BCUT2D eigenvalue weighted by molar-refractivity contribution is 5.63. The van der Waals surface area contributed by atoms with Gasteiger partial charge in [0.2, 0.25) is 0 Å². The maximum Gasteiger partial charge on any atom is 0.142 e. The van der Waals surface area contributed by atoms with Crippen molar-refractivity contribution in [3.8, 4) is 11.5 Å². The number of anilines is 1. The van der Waals surface area contributed by atoms with Crippen molar-refractivity contribution in [2.75, 3.05) is 32.2 Å². The number of nitrogens with two attached hydrogens (primary N) is 1. The monoisotopic (exact) mass is 264 g/mol. The van der Waals surface area contributed by atoms with E-state index in [2.05, 4.69) is 18.7 Å². The molecule has 19 heavy (non-hydrogen) atoms. The Morgan fingerprint density at radius 3 is 2.58 bits per heavy atom. The number of nitrogens with zero attached hydrogens (tertiary/aromatic N) is 1. The minimum absolute atomic E-state index is 0.0361. The summed E-state index contributed by atoms with van der Waals surface area (Å²) in [5.74, 6) is 2.23. The zero-order chi connectivity index (χ0) is 14.0. The average molecular weight is 264 g/mol. The lowest BCUT2D eigenvalue weighted by molar-refractivity contribution is 0.365. The van der Waals surface area contributed by atoms with Gasteiger partial charge in [0.05, 0.1) is 19.9 Å². The van der Waals surface area contributed by atoms with Gasteiger partial charge in [-0.05, 0) is 44.9 Å². The number of hydrogen-bond donors (Lipinski definition) is 1. The van der Waals surface area contributed by atoms with Crippen molar-refractivity contribution in [2.45, 2.75) is 25.8 Å². The Kier molecular flexibility index (Phi) is 3.90. The van der Waals surface area contributed by atoms with E-state index in [-0.39, 0.29) is 5.54 Å². The number of benzene rings is 1. The van der Waals surface area contributed by atoms with Crippen LogP contribution < -0.4 is 20.1 Å². The molecule has 0 saturated carbocycles. The predicted molar refractivity (Wildman–Crippen MR) is 78.1 cm³/mol. The van der Waals surface area contributed by atoms with Crippen molar-refractivity contribution >= 4 is 5.69 Å². The third kappa shape index (κ3) is 2.37. The van der Waals surface area contributed by atoms with Gasteiger partial charge >= 0.3 is 0 Å². The molecule has 4 heteroatoms. The summed E-state index contributed by atoms with van der Waals surface area (Å²) in [6.07, 6.45) is 1.11. The summed E-state index contributed by atoms with van der Waals surface area (Å²) in [5.41, 5.74) is 7.02. The molecule has 1 unspecified atom stereocenters. The molecule has 0 aromatic heterocycles. The standard InChI is InChI=1S/C15H24N2O2/c1-15(2)11(10-16)7-8-17(15)13-9-12(18-3)5-6-14(13)19-4/h5-6,9,11H,7-8,10,16H2,1-4H3. The zero-order valence-corrected chi connectivity index (χ0v) is 12.3. The summed E-state index contributed by atoms with van der Waals surface area (Å²) in [6.45, 7) is 6.21. The van der Waals surface area contributed by atoms with Gasteiger partial charge < -0.3 is 20.1 Å². The second kappa shape index (κ2) is 5.29. The molecule has 0 spiro atoms. The second-order valence-electron chi connectivity index (χ2n) is 5.56. The maximum atomic E-state index is 5.89. The fourth-order valence-electron chi connectivity index (χ4n) is 2.99. The van der Waals surface area contributed by atoms with Crippen LogP contribution in [0, 0.1) is 5.92 Å². The summed E-state index contributed by atoms with van der Waals surface area (Å²) in [5, 5.41) is 0. The zero-order valence-electron chi connectivity index (χ0n) is 12.3. The van der Waals surface area contributed by atoms with Crippen LogP contribution in [0.5, 0.6) is 11.5 Å². The molecule has 1 aromatic rings. The third-order valence-electron chi connectivity index (χ3n) is 4.36. The van der Waals surface area contributed by atoms with Gasteiger partial charge in [-0.25, -0.2) is 0 Å². The summed E-state index contributed by atoms with van der Waals surface area (Å²) in [4.78, 5) is 2.38. The minimum Gasteiger partial charge on any atom is -0.497 e. The molecule has 1 aliphatic rings. The van der Waals surface area contributed by atoms with Gasteiger partial charge in [-0.2, -0.15) is 0 Å². The van der Waals surface area contributed by atoms with Crippen molar-refractivity contribution in [3.63, 3.8) is 0 Å². The van der Waals surface area contributed by atoms with Gasteiger partial charge in [0, 0.05) is 18.2 Å². The topological polar surface area (TPSA) is 47.7 Å².